The van der Waals surface area contributed by atoms with Gasteiger partial charge in [-0.05, 0) is 61.9 Å². The van der Waals surface area contributed by atoms with Crippen molar-refractivity contribution in [1.29, 1.82) is 5.26 Å². The second kappa shape index (κ2) is 8.28. The Hall–Kier alpha value is -2.16. The monoisotopic (exact) mass is 353 g/mol. The van der Waals surface area contributed by atoms with Crippen LogP contribution in [0.1, 0.15) is 40.6 Å². The van der Waals surface area contributed by atoms with Crippen molar-refractivity contribution in [2.24, 2.45) is 5.92 Å². The summed E-state index contributed by atoms with van der Waals surface area (Å²) in [5, 5.41) is 14.6. The van der Waals surface area contributed by atoms with Gasteiger partial charge in [0.05, 0.1) is 11.6 Å². The van der Waals surface area contributed by atoms with E-state index >= 15 is 0 Å². The van der Waals surface area contributed by atoms with Crippen molar-refractivity contribution in [2.75, 3.05) is 25.0 Å². The number of Topliss-reactive ketones (excluding diaryl/α,β-unsaturated/α-hetero) is 1. The van der Waals surface area contributed by atoms with E-state index in [1.165, 1.54) is 17.7 Å². The molecule has 1 aromatic heterocycles. The molecule has 0 aliphatic carbocycles. The van der Waals surface area contributed by atoms with Crippen molar-refractivity contribution in [3.8, 4) is 6.07 Å². The van der Waals surface area contributed by atoms with Gasteiger partial charge in [0.1, 0.15) is 0 Å². The highest BCUT2D eigenvalue weighted by Gasteiger charge is 2.20. The SMILES string of the molecule is CC(=O)c1ccc(C#N)cc1NCC1CCCN(Cc2cccs2)C1. The molecule has 2 aromatic rings. The Morgan fingerprint density at radius 2 is 2.32 bits per heavy atom. The molecule has 1 aromatic carbocycles. The molecular formula is C20H23N3OS. The van der Waals surface area contributed by atoms with E-state index in [2.05, 4.69) is 33.8 Å². The summed E-state index contributed by atoms with van der Waals surface area (Å²) >= 11 is 1.81. The number of hydrogen-bond acceptors (Lipinski definition) is 5. The number of anilines is 1. The maximum Gasteiger partial charge on any atom is 0.161 e. The first-order valence-electron chi connectivity index (χ1n) is 8.69. The summed E-state index contributed by atoms with van der Waals surface area (Å²) in [6.45, 7) is 5.64. The normalized spacial score (nSPS) is 17.8. The van der Waals surface area contributed by atoms with Crippen LogP contribution in [0.3, 0.4) is 0 Å². The molecule has 1 aliphatic heterocycles. The van der Waals surface area contributed by atoms with E-state index in [1.54, 1.807) is 25.1 Å². The standard InChI is InChI=1S/C20H23N3OS/c1-15(24)19-7-6-16(11-21)10-20(19)22-12-17-4-2-8-23(13-17)14-18-5-3-9-25-18/h3,5-7,9-10,17,22H,2,4,8,12-14H2,1H3. The topological polar surface area (TPSA) is 56.1 Å². The van der Waals surface area contributed by atoms with Crippen LogP contribution in [0, 0.1) is 17.2 Å². The van der Waals surface area contributed by atoms with Crippen LogP contribution in [0.2, 0.25) is 0 Å². The average molecular weight is 353 g/mol. The molecule has 130 valence electrons. The Bertz CT molecular complexity index is 764. The molecule has 2 heterocycles. The quantitative estimate of drug-likeness (QED) is 0.793. The Kier molecular flexibility index (Phi) is 5.85. The first-order chi connectivity index (χ1) is 12.2. The summed E-state index contributed by atoms with van der Waals surface area (Å²) in [5.74, 6) is 0.578. The zero-order valence-corrected chi connectivity index (χ0v) is 15.3. The molecule has 1 N–H and O–H groups in total. The zero-order chi connectivity index (χ0) is 17.6. The third-order valence-corrected chi connectivity index (χ3v) is 5.53. The fraction of sp³-hybridized carbons (Fsp3) is 0.400. The molecule has 0 amide bonds. The zero-order valence-electron chi connectivity index (χ0n) is 14.5. The number of benzene rings is 1. The van der Waals surface area contributed by atoms with Gasteiger partial charge in [-0.3, -0.25) is 9.69 Å². The van der Waals surface area contributed by atoms with Crippen molar-refractivity contribution < 1.29 is 4.79 Å². The van der Waals surface area contributed by atoms with Crippen LogP contribution >= 0.6 is 11.3 Å². The predicted octanol–water partition coefficient (Wildman–Crippen LogP) is 4.15. The van der Waals surface area contributed by atoms with Gasteiger partial charge >= 0.3 is 0 Å². The van der Waals surface area contributed by atoms with Gasteiger partial charge in [0, 0.05) is 35.8 Å². The van der Waals surface area contributed by atoms with Crippen LogP contribution in [0.25, 0.3) is 0 Å². The van der Waals surface area contributed by atoms with Crippen molar-refractivity contribution in [2.45, 2.75) is 26.3 Å². The minimum Gasteiger partial charge on any atom is -0.384 e. The third kappa shape index (κ3) is 4.68. The summed E-state index contributed by atoms with van der Waals surface area (Å²) in [6, 6.07) is 11.7. The van der Waals surface area contributed by atoms with E-state index < -0.39 is 0 Å². The van der Waals surface area contributed by atoms with Gasteiger partial charge in [-0.25, -0.2) is 0 Å². The minimum absolute atomic E-state index is 0.0231. The van der Waals surface area contributed by atoms with Crippen LogP contribution in [0.5, 0.6) is 0 Å². The fourth-order valence-electron chi connectivity index (χ4n) is 3.41. The highest BCUT2D eigenvalue weighted by atomic mass is 32.1. The number of likely N-dealkylation sites (tertiary alicyclic amines) is 1. The van der Waals surface area contributed by atoms with Crippen LogP contribution in [0.15, 0.2) is 35.7 Å². The number of piperidine rings is 1. The first kappa shape index (κ1) is 17.7. The number of thiophene rings is 1. The number of rotatable bonds is 6. The summed E-state index contributed by atoms with van der Waals surface area (Å²) in [6.07, 6.45) is 2.40. The van der Waals surface area contributed by atoms with Gasteiger partial charge in [0.25, 0.3) is 0 Å². The van der Waals surface area contributed by atoms with Gasteiger partial charge in [-0.2, -0.15) is 5.26 Å². The van der Waals surface area contributed by atoms with Crippen LogP contribution < -0.4 is 5.32 Å². The molecule has 1 aliphatic rings. The number of carbonyl (C=O) groups is 1. The van der Waals surface area contributed by atoms with E-state index in [4.69, 9.17) is 5.26 Å². The second-order valence-corrected chi connectivity index (χ2v) is 7.66. The lowest BCUT2D eigenvalue weighted by atomic mass is 9.97. The van der Waals surface area contributed by atoms with Crippen LogP contribution in [0.4, 0.5) is 5.69 Å². The number of nitrogens with zero attached hydrogens (tertiary/aromatic N) is 2. The highest BCUT2D eigenvalue weighted by molar-refractivity contribution is 7.09. The second-order valence-electron chi connectivity index (χ2n) is 6.63. The lowest BCUT2D eigenvalue weighted by Crippen LogP contribution is -2.37. The van der Waals surface area contributed by atoms with Gasteiger partial charge in [-0.1, -0.05) is 6.07 Å². The lowest BCUT2D eigenvalue weighted by Gasteiger charge is -2.32. The molecule has 3 rings (SSSR count). The summed E-state index contributed by atoms with van der Waals surface area (Å²) < 4.78 is 0. The highest BCUT2D eigenvalue weighted by Crippen LogP contribution is 2.23. The Morgan fingerprint density at radius 3 is 3.04 bits per heavy atom. The smallest absolute Gasteiger partial charge is 0.161 e. The largest absolute Gasteiger partial charge is 0.384 e. The number of ketones is 1. The molecule has 1 fully saturated rings. The Labute approximate surface area is 153 Å². The van der Waals surface area contributed by atoms with Crippen molar-refractivity contribution >= 4 is 22.8 Å². The van der Waals surface area contributed by atoms with E-state index in [0.29, 0.717) is 17.0 Å². The lowest BCUT2D eigenvalue weighted by molar-refractivity contribution is 0.101. The number of nitriles is 1. The maximum atomic E-state index is 11.8. The van der Waals surface area contributed by atoms with Crippen LogP contribution in [-0.4, -0.2) is 30.3 Å². The molecule has 0 bridgehead atoms. The molecule has 4 nitrogen and oxygen atoms in total. The Morgan fingerprint density at radius 1 is 1.44 bits per heavy atom. The predicted molar refractivity (Wildman–Crippen MR) is 102 cm³/mol. The molecule has 5 heteroatoms. The molecule has 1 saturated heterocycles. The third-order valence-electron chi connectivity index (χ3n) is 4.67. The molecular weight excluding hydrogens is 330 g/mol. The van der Waals surface area contributed by atoms with Crippen molar-refractivity contribution in [3.63, 3.8) is 0 Å². The van der Waals surface area contributed by atoms with Crippen molar-refractivity contribution in [3.05, 3.63) is 51.7 Å². The molecule has 1 unspecified atom stereocenters. The Balaban J connectivity index is 1.61. The maximum absolute atomic E-state index is 11.8. The number of carbonyl (C=O) groups excluding carboxylic acids is 1. The van der Waals surface area contributed by atoms with E-state index in [0.717, 1.165) is 31.9 Å². The van der Waals surface area contributed by atoms with Crippen molar-refractivity contribution in [1.82, 2.24) is 4.90 Å². The summed E-state index contributed by atoms with van der Waals surface area (Å²) in [4.78, 5) is 15.7. The van der Waals surface area contributed by atoms with Crippen LogP contribution in [-0.2, 0) is 6.54 Å². The van der Waals surface area contributed by atoms with Gasteiger partial charge < -0.3 is 5.32 Å². The minimum atomic E-state index is 0.0231. The van der Waals surface area contributed by atoms with E-state index in [-0.39, 0.29) is 5.78 Å². The number of hydrogen-bond donors (Lipinski definition) is 1. The molecule has 0 radical (unpaired) electrons. The van der Waals surface area contributed by atoms with E-state index in [1.807, 2.05) is 11.3 Å². The summed E-state index contributed by atoms with van der Waals surface area (Å²) in [5.41, 5.74) is 2.02. The first-order valence-corrected chi connectivity index (χ1v) is 9.57. The fourth-order valence-corrected chi connectivity index (χ4v) is 4.15. The molecule has 25 heavy (non-hydrogen) atoms. The van der Waals surface area contributed by atoms with E-state index in [9.17, 15) is 4.79 Å². The van der Waals surface area contributed by atoms with Gasteiger partial charge in [-0.15, -0.1) is 11.3 Å². The number of nitrogens with one attached hydrogen (secondary N) is 1. The molecule has 0 spiro atoms. The summed E-state index contributed by atoms with van der Waals surface area (Å²) in [7, 11) is 0. The molecule has 1 atom stereocenters. The average Bonchev–Trinajstić information content (AvgIpc) is 3.13. The molecule has 0 saturated carbocycles. The van der Waals surface area contributed by atoms with Gasteiger partial charge in [0.15, 0.2) is 5.78 Å². The van der Waals surface area contributed by atoms with Gasteiger partial charge in [0.2, 0.25) is 0 Å².